The Morgan fingerprint density at radius 3 is 0.905 bits per heavy atom. The molecular formula is C31H68O9P2. The Kier molecular flexibility index (Phi) is 38.2. The summed E-state index contributed by atoms with van der Waals surface area (Å²) in [6.45, 7) is 4.02. The smallest absolute Gasteiger partial charge is 0.339 e. The Labute approximate surface area is 260 Å². The van der Waals surface area contributed by atoms with Crippen LogP contribution in [0.3, 0.4) is 0 Å². The molecule has 0 spiro atoms. The second-order valence-electron chi connectivity index (χ2n) is 11.4. The fraction of sp³-hybridized carbons (Fsp3) is 1.00. The van der Waals surface area contributed by atoms with Gasteiger partial charge in [-0.25, -0.2) is 4.31 Å². The number of hydrogen-bond acceptors (Lipinski definition) is 9. The Bertz CT molecular complexity index is 456. The molecule has 0 unspecified atom stereocenters. The van der Waals surface area contributed by atoms with E-state index in [0.717, 1.165) is 25.7 Å². The van der Waals surface area contributed by atoms with E-state index < -0.39 is 49.0 Å². The molecule has 0 aliphatic carbocycles. The third-order valence-corrected chi connectivity index (χ3v) is 9.27. The van der Waals surface area contributed by atoms with Crippen molar-refractivity contribution in [2.45, 2.75) is 155 Å². The second kappa shape index (κ2) is 36.0. The van der Waals surface area contributed by atoms with Crippen molar-refractivity contribution in [3.63, 3.8) is 0 Å². The number of rotatable bonds is 32. The number of unbranched alkanes of at least 4 members (excludes halogenated alkanes) is 20. The van der Waals surface area contributed by atoms with E-state index in [4.69, 9.17) is 43.6 Å². The van der Waals surface area contributed by atoms with E-state index in [0.29, 0.717) is 13.2 Å². The quantitative estimate of drug-likeness (QED) is 0.0315. The van der Waals surface area contributed by atoms with Gasteiger partial charge in [0.2, 0.25) is 0 Å². The zero-order valence-electron chi connectivity index (χ0n) is 27.1. The first-order valence-electron chi connectivity index (χ1n) is 16.8. The molecule has 42 heavy (non-hydrogen) atoms. The molecule has 0 aliphatic rings. The number of aliphatic hydroxyl groups is 4. The van der Waals surface area contributed by atoms with Crippen molar-refractivity contribution >= 4 is 17.2 Å². The molecule has 0 aliphatic heterocycles. The normalized spacial score (nSPS) is 11.9. The Balaban J connectivity index is 0. The van der Waals surface area contributed by atoms with Gasteiger partial charge in [-0.2, -0.15) is 0 Å². The monoisotopic (exact) mass is 646 g/mol. The van der Waals surface area contributed by atoms with E-state index in [-0.39, 0.29) is 0 Å². The lowest BCUT2D eigenvalue weighted by molar-refractivity contribution is -0.0328. The minimum atomic E-state index is -2.44. The van der Waals surface area contributed by atoms with E-state index >= 15 is 0 Å². The largest absolute Gasteiger partial charge is 0.396 e. The standard InChI is InChI=1S/C26H56O5P2.C5H12O4/c1-3-5-7-9-11-13-15-17-19-21-23-25-29-33(31-32(27)28)30-26-24-22-20-18-16-14-12-10-8-6-4-2;6-1-5(2-7,3-8)4-9/h27-28H,3-26H2,1-2H3;6-9H,1-4H2. The Hall–Kier alpha value is 0.500. The van der Waals surface area contributed by atoms with Crippen LogP contribution in [0.25, 0.3) is 0 Å². The van der Waals surface area contributed by atoms with Crippen molar-refractivity contribution in [1.82, 2.24) is 0 Å². The zero-order chi connectivity index (χ0) is 31.6. The minimum absolute atomic E-state index is 0.406. The van der Waals surface area contributed by atoms with Crippen molar-refractivity contribution < 1.29 is 43.6 Å². The number of hydrogen-bond donors (Lipinski definition) is 6. The van der Waals surface area contributed by atoms with Crippen LogP contribution >= 0.6 is 17.2 Å². The van der Waals surface area contributed by atoms with Crippen LogP contribution < -0.4 is 0 Å². The van der Waals surface area contributed by atoms with E-state index in [1.54, 1.807) is 0 Å². The van der Waals surface area contributed by atoms with E-state index in [1.807, 2.05) is 0 Å². The van der Waals surface area contributed by atoms with Crippen LogP contribution in [-0.2, 0) is 13.4 Å². The average molecular weight is 647 g/mol. The molecule has 11 heteroatoms. The molecule has 0 saturated carbocycles. The van der Waals surface area contributed by atoms with Gasteiger partial charge in [-0.05, 0) is 12.8 Å². The predicted molar refractivity (Wildman–Crippen MR) is 175 cm³/mol. The lowest BCUT2D eigenvalue weighted by Crippen LogP contribution is -2.37. The van der Waals surface area contributed by atoms with Crippen molar-refractivity contribution in [1.29, 1.82) is 0 Å². The van der Waals surface area contributed by atoms with Gasteiger partial charge < -0.3 is 39.3 Å². The Morgan fingerprint density at radius 2 is 0.690 bits per heavy atom. The molecular weight excluding hydrogens is 578 g/mol. The van der Waals surface area contributed by atoms with Crippen LogP contribution in [-0.4, -0.2) is 69.9 Å². The highest BCUT2D eigenvalue weighted by atomic mass is 31.2. The second-order valence-corrected chi connectivity index (χ2v) is 13.6. The highest BCUT2D eigenvalue weighted by molar-refractivity contribution is 7.54. The lowest BCUT2D eigenvalue weighted by Gasteiger charge is -2.23. The van der Waals surface area contributed by atoms with Gasteiger partial charge in [0, 0.05) is 0 Å². The van der Waals surface area contributed by atoms with Crippen molar-refractivity contribution in [2.24, 2.45) is 5.41 Å². The van der Waals surface area contributed by atoms with Crippen LogP contribution in [0.1, 0.15) is 155 Å². The van der Waals surface area contributed by atoms with Crippen LogP contribution in [0.5, 0.6) is 0 Å². The van der Waals surface area contributed by atoms with Gasteiger partial charge in [0.05, 0.1) is 45.1 Å². The van der Waals surface area contributed by atoms with Gasteiger partial charge >= 0.3 is 17.2 Å². The highest BCUT2D eigenvalue weighted by Crippen LogP contribution is 2.50. The predicted octanol–water partition coefficient (Wildman–Crippen LogP) is 8.04. The third kappa shape index (κ3) is 31.9. The summed E-state index contributed by atoms with van der Waals surface area (Å²) in [4.78, 5) is 18.3. The number of aliphatic hydroxyl groups excluding tert-OH is 4. The Morgan fingerprint density at radius 1 is 0.429 bits per heavy atom. The summed E-state index contributed by atoms with van der Waals surface area (Å²) in [5, 5.41) is 34.0. The maximum atomic E-state index is 9.16. The molecule has 0 amide bonds. The summed E-state index contributed by atoms with van der Waals surface area (Å²) in [5.74, 6) is 0. The molecule has 256 valence electrons. The molecule has 6 N–H and O–H groups in total. The van der Waals surface area contributed by atoms with E-state index in [2.05, 4.69) is 13.8 Å². The van der Waals surface area contributed by atoms with Crippen LogP contribution in [0.4, 0.5) is 0 Å². The summed E-state index contributed by atoms with van der Waals surface area (Å²) in [7, 11) is -4.09. The molecule has 0 saturated heterocycles. The minimum Gasteiger partial charge on any atom is -0.396 e. The van der Waals surface area contributed by atoms with Gasteiger partial charge in [0.1, 0.15) is 0 Å². The van der Waals surface area contributed by atoms with Gasteiger partial charge in [-0.15, -0.1) is 0 Å². The van der Waals surface area contributed by atoms with Crippen LogP contribution in [0.15, 0.2) is 0 Å². The molecule has 0 fully saturated rings. The van der Waals surface area contributed by atoms with Crippen LogP contribution in [0, 0.1) is 5.41 Å². The zero-order valence-corrected chi connectivity index (χ0v) is 28.9. The first kappa shape index (κ1) is 44.6. The van der Waals surface area contributed by atoms with Crippen LogP contribution in [0.2, 0.25) is 0 Å². The molecule has 0 radical (unpaired) electrons. The third-order valence-electron chi connectivity index (χ3n) is 7.37. The average Bonchev–Trinajstić information content (AvgIpc) is 2.99. The molecule has 0 aromatic heterocycles. The van der Waals surface area contributed by atoms with Gasteiger partial charge in [0.15, 0.2) is 0 Å². The maximum Gasteiger partial charge on any atom is 0.339 e. The topological polar surface area (TPSA) is 149 Å². The molecule has 0 bridgehead atoms. The summed E-state index contributed by atoms with van der Waals surface area (Å²) >= 11 is 0. The molecule has 0 atom stereocenters. The maximum absolute atomic E-state index is 9.16. The lowest BCUT2D eigenvalue weighted by atomic mass is 9.93. The molecule has 0 aromatic carbocycles. The molecule has 9 nitrogen and oxygen atoms in total. The van der Waals surface area contributed by atoms with E-state index in [9.17, 15) is 0 Å². The molecule has 0 heterocycles. The highest BCUT2D eigenvalue weighted by Gasteiger charge is 2.26. The fourth-order valence-electron chi connectivity index (χ4n) is 4.25. The van der Waals surface area contributed by atoms with Gasteiger partial charge in [-0.3, -0.25) is 0 Å². The van der Waals surface area contributed by atoms with Crippen molar-refractivity contribution in [2.75, 3.05) is 39.6 Å². The molecule has 0 rings (SSSR count). The first-order valence-corrected chi connectivity index (χ1v) is 19.1. The summed E-state index contributed by atoms with van der Waals surface area (Å²) in [6.07, 6.45) is 28.4. The van der Waals surface area contributed by atoms with Gasteiger partial charge in [0.25, 0.3) is 0 Å². The van der Waals surface area contributed by atoms with Crippen molar-refractivity contribution in [3.05, 3.63) is 0 Å². The first-order chi connectivity index (χ1) is 20.4. The van der Waals surface area contributed by atoms with Crippen molar-refractivity contribution in [3.8, 4) is 0 Å². The SMILES string of the molecule is CCCCCCCCCCCCCOP(OCCCCCCCCCCCCC)OP(O)O.OCC(CO)(CO)CO. The summed E-state index contributed by atoms with van der Waals surface area (Å²) in [6, 6.07) is 0. The summed E-state index contributed by atoms with van der Waals surface area (Å²) in [5.41, 5.74) is -1.11. The molecule has 0 aromatic rings. The van der Waals surface area contributed by atoms with Gasteiger partial charge in [-0.1, -0.05) is 142 Å². The fourth-order valence-corrected chi connectivity index (χ4v) is 5.74. The van der Waals surface area contributed by atoms with E-state index in [1.165, 1.54) is 116 Å². The summed E-state index contributed by atoms with van der Waals surface area (Å²) < 4.78 is 16.4.